The van der Waals surface area contributed by atoms with E-state index in [4.69, 9.17) is 11.6 Å². The molecular weight excluding hydrogens is 382 g/mol. The highest BCUT2D eigenvalue weighted by molar-refractivity contribution is 6.31. The highest BCUT2D eigenvalue weighted by Crippen LogP contribution is 2.26. The molecule has 28 heavy (non-hydrogen) atoms. The molecule has 2 aromatic rings. The van der Waals surface area contributed by atoms with E-state index in [-0.39, 0.29) is 10.6 Å². The average Bonchev–Trinajstić information content (AvgIpc) is 2.64. The number of nitro benzene ring substituents is 1. The van der Waals surface area contributed by atoms with Crippen molar-refractivity contribution in [2.45, 2.75) is 39.7 Å². The van der Waals surface area contributed by atoms with Crippen molar-refractivity contribution in [1.82, 2.24) is 10.4 Å². The van der Waals surface area contributed by atoms with Gasteiger partial charge in [0.2, 0.25) is 0 Å². The molecule has 2 rings (SSSR count). The Morgan fingerprint density at radius 1 is 1.14 bits per heavy atom. The average molecular weight is 404 g/mol. The van der Waals surface area contributed by atoms with Crippen LogP contribution in [0.3, 0.4) is 0 Å². The summed E-state index contributed by atoms with van der Waals surface area (Å²) in [7, 11) is 0. The third-order valence-corrected chi connectivity index (χ3v) is 4.33. The number of rotatable bonds is 4. The van der Waals surface area contributed by atoms with Gasteiger partial charge < -0.3 is 0 Å². The van der Waals surface area contributed by atoms with Crippen LogP contribution in [-0.2, 0) is 6.42 Å². The van der Waals surface area contributed by atoms with Crippen molar-refractivity contribution in [3.63, 3.8) is 0 Å². The number of hydrazine groups is 1. The Bertz CT molecular complexity index is 905. The fraction of sp³-hybridized carbons (Fsp3) is 0.300. The fourth-order valence-corrected chi connectivity index (χ4v) is 2.70. The standard InChI is InChI=1S/C20H22ClN3O4/c1-5-13-6-8-14(9-7-13)18(25)22-23(20(2,3)4)19(26)16-11-10-15(21)12-17(16)24(27)28/h6-12H,5H2,1-4H3,(H,22,25). The van der Waals surface area contributed by atoms with Crippen LogP contribution in [0.4, 0.5) is 5.69 Å². The lowest BCUT2D eigenvalue weighted by molar-refractivity contribution is -0.385. The minimum absolute atomic E-state index is 0.144. The van der Waals surface area contributed by atoms with Crippen LogP contribution in [0, 0.1) is 10.1 Å². The smallest absolute Gasteiger partial charge is 0.267 e. The van der Waals surface area contributed by atoms with Gasteiger partial charge in [-0.1, -0.05) is 30.7 Å². The van der Waals surface area contributed by atoms with E-state index in [2.05, 4.69) is 5.43 Å². The van der Waals surface area contributed by atoms with Gasteiger partial charge in [-0.3, -0.25) is 25.1 Å². The van der Waals surface area contributed by atoms with Crippen molar-refractivity contribution in [3.05, 3.63) is 74.3 Å². The molecule has 2 amide bonds. The molecular formula is C20H22ClN3O4. The number of carbonyl (C=O) groups is 2. The lowest BCUT2D eigenvalue weighted by atomic mass is 10.1. The Balaban J connectivity index is 2.37. The van der Waals surface area contributed by atoms with Gasteiger partial charge in [-0.15, -0.1) is 0 Å². The maximum atomic E-state index is 13.1. The Kier molecular flexibility index (Phi) is 6.41. The summed E-state index contributed by atoms with van der Waals surface area (Å²) in [6.07, 6.45) is 0.842. The van der Waals surface area contributed by atoms with E-state index in [0.717, 1.165) is 23.1 Å². The van der Waals surface area contributed by atoms with Gasteiger partial charge in [-0.2, -0.15) is 0 Å². The van der Waals surface area contributed by atoms with E-state index < -0.39 is 28.0 Å². The van der Waals surface area contributed by atoms with E-state index in [1.165, 1.54) is 12.1 Å². The summed E-state index contributed by atoms with van der Waals surface area (Å²) in [5.41, 5.74) is 2.63. The first-order chi connectivity index (χ1) is 13.0. The van der Waals surface area contributed by atoms with E-state index >= 15 is 0 Å². The molecule has 0 heterocycles. The molecule has 0 fully saturated rings. The molecule has 0 bridgehead atoms. The van der Waals surface area contributed by atoms with Gasteiger partial charge in [-0.25, -0.2) is 5.01 Å². The summed E-state index contributed by atoms with van der Waals surface area (Å²) in [4.78, 5) is 36.4. The molecule has 0 aliphatic heterocycles. The minimum atomic E-state index is -0.830. The summed E-state index contributed by atoms with van der Waals surface area (Å²) in [6, 6.07) is 10.8. The van der Waals surface area contributed by atoms with Gasteiger partial charge in [0.1, 0.15) is 5.56 Å². The fourth-order valence-electron chi connectivity index (χ4n) is 2.54. The van der Waals surface area contributed by atoms with E-state index in [0.29, 0.717) is 5.56 Å². The lowest BCUT2D eigenvalue weighted by Crippen LogP contribution is -2.56. The first-order valence-electron chi connectivity index (χ1n) is 8.73. The van der Waals surface area contributed by atoms with Crippen LogP contribution in [0.15, 0.2) is 42.5 Å². The third-order valence-electron chi connectivity index (χ3n) is 4.10. The zero-order chi connectivity index (χ0) is 21.1. The van der Waals surface area contributed by atoms with Gasteiger partial charge in [0, 0.05) is 16.7 Å². The second-order valence-corrected chi connectivity index (χ2v) is 7.66. The Morgan fingerprint density at radius 3 is 2.25 bits per heavy atom. The predicted octanol–water partition coefficient (Wildman–Crippen LogP) is 4.40. The number of benzene rings is 2. The number of amides is 2. The number of nitrogens with one attached hydrogen (secondary N) is 1. The normalized spacial score (nSPS) is 11.0. The molecule has 8 heteroatoms. The topological polar surface area (TPSA) is 92.6 Å². The van der Waals surface area contributed by atoms with Crippen LogP contribution < -0.4 is 5.43 Å². The van der Waals surface area contributed by atoms with Crippen molar-refractivity contribution in [2.75, 3.05) is 0 Å². The van der Waals surface area contributed by atoms with Gasteiger partial charge in [-0.05, 0) is 57.0 Å². The van der Waals surface area contributed by atoms with Crippen LogP contribution >= 0.6 is 11.6 Å². The van der Waals surface area contributed by atoms with Crippen molar-refractivity contribution >= 4 is 29.1 Å². The number of hydrogen-bond acceptors (Lipinski definition) is 4. The largest absolute Gasteiger partial charge is 0.283 e. The SMILES string of the molecule is CCc1ccc(C(=O)NN(C(=O)c2ccc(Cl)cc2[N+](=O)[O-])C(C)(C)C)cc1. The molecule has 1 N–H and O–H groups in total. The van der Waals surface area contributed by atoms with Crippen LogP contribution in [0.25, 0.3) is 0 Å². The molecule has 0 saturated heterocycles. The van der Waals surface area contributed by atoms with E-state index in [1.54, 1.807) is 32.9 Å². The maximum Gasteiger partial charge on any atom is 0.283 e. The van der Waals surface area contributed by atoms with Crippen LogP contribution in [0.2, 0.25) is 5.02 Å². The summed E-state index contributed by atoms with van der Waals surface area (Å²) < 4.78 is 0. The van der Waals surface area contributed by atoms with Crippen LogP contribution in [0.5, 0.6) is 0 Å². The Labute approximate surface area is 168 Å². The maximum absolute atomic E-state index is 13.1. The molecule has 0 unspecified atom stereocenters. The summed E-state index contributed by atoms with van der Waals surface area (Å²) in [5.74, 6) is -1.18. The second kappa shape index (κ2) is 8.39. The van der Waals surface area contributed by atoms with Crippen molar-refractivity contribution < 1.29 is 14.5 Å². The second-order valence-electron chi connectivity index (χ2n) is 7.22. The number of nitrogens with zero attached hydrogens (tertiary/aromatic N) is 2. The van der Waals surface area contributed by atoms with Gasteiger partial charge in [0.05, 0.1) is 10.5 Å². The number of nitro groups is 1. The first kappa shape index (κ1) is 21.4. The molecule has 2 aromatic carbocycles. The van der Waals surface area contributed by atoms with E-state index in [9.17, 15) is 19.7 Å². The van der Waals surface area contributed by atoms with Gasteiger partial charge in [0.15, 0.2) is 0 Å². The molecule has 0 radical (unpaired) electrons. The van der Waals surface area contributed by atoms with Crippen LogP contribution in [-0.4, -0.2) is 27.3 Å². The summed E-state index contributed by atoms with van der Waals surface area (Å²) in [5, 5.41) is 12.6. The summed E-state index contributed by atoms with van der Waals surface area (Å²) >= 11 is 5.83. The highest BCUT2D eigenvalue weighted by Gasteiger charge is 2.33. The minimum Gasteiger partial charge on any atom is -0.267 e. The molecule has 0 atom stereocenters. The molecule has 0 aliphatic carbocycles. The third kappa shape index (κ3) is 4.86. The van der Waals surface area contributed by atoms with Crippen molar-refractivity contribution in [2.24, 2.45) is 0 Å². The Hall–Kier alpha value is -2.93. The van der Waals surface area contributed by atoms with E-state index in [1.807, 2.05) is 19.1 Å². The number of aryl methyl sites for hydroxylation is 1. The molecule has 0 spiro atoms. The summed E-state index contributed by atoms with van der Waals surface area (Å²) in [6.45, 7) is 7.15. The van der Waals surface area contributed by atoms with Gasteiger partial charge >= 0.3 is 0 Å². The molecule has 0 aliphatic rings. The molecule has 0 aromatic heterocycles. The zero-order valence-electron chi connectivity index (χ0n) is 16.2. The predicted molar refractivity (Wildman–Crippen MR) is 107 cm³/mol. The number of carbonyl (C=O) groups excluding carboxylic acids is 2. The Morgan fingerprint density at radius 2 is 1.75 bits per heavy atom. The monoisotopic (exact) mass is 403 g/mol. The first-order valence-corrected chi connectivity index (χ1v) is 9.10. The number of hydrogen-bond donors (Lipinski definition) is 1. The lowest BCUT2D eigenvalue weighted by Gasteiger charge is -2.35. The molecule has 0 saturated carbocycles. The highest BCUT2D eigenvalue weighted by atomic mass is 35.5. The quantitative estimate of drug-likeness (QED) is 0.605. The zero-order valence-corrected chi connectivity index (χ0v) is 16.9. The van der Waals surface area contributed by atoms with Crippen LogP contribution in [0.1, 0.15) is 54.0 Å². The molecule has 148 valence electrons. The van der Waals surface area contributed by atoms with Crippen molar-refractivity contribution in [1.29, 1.82) is 0 Å². The number of halogens is 1. The van der Waals surface area contributed by atoms with Crippen molar-refractivity contribution in [3.8, 4) is 0 Å². The van der Waals surface area contributed by atoms with Gasteiger partial charge in [0.25, 0.3) is 17.5 Å². The molecule has 7 nitrogen and oxygen atoms in total.